The Morgan fingerprint density at radius 1 is 1.14 bits per heavy atom. The first-order chi connectivity index (χ1) is 10.1. The average molecular weight is 307 g/mol. The molecule has 0 N–H and O–H groups in total. The SMILES string of the molecule is O=C(CCCOCc1cccc(Cl)c1)c1ccc(F)cc1. The van der Waals surface area contributed by atoms with Gasteiger partial charge in [-0.1, -0.05) is 23.7 Å². The van der Waals surface area contributed by atoms with Crippen molar-refractivity contribution in [3.63, 3.8) is 0 Å². The highest BCUT2D eigenvalue weighted by Crippen LogP contribution is 2.12. The fourth-order valence-electron chi connectivity index (χ4n) is 1.93. The van der Waals surface area contributed by atoms with Crippen molar-refractivity contribution in [3.8, 4) is 0 Å². The third-order valence-electron chi connectivity index (χ3n) is 3.02. The summed E-state index contributed by atoms with van der Waals surface area (Å²) in [6.07, 6.45) is 1.03. The molecule has 0 spiro atoms. The molecular weight excluding hydrogens is 291 g/mol. The van der Waals surface area contributed by atoms with Gasteiger partial charge in [0, 0.05) is 23.6 Å². The largest absolute Gasteiger partial charge is 0.377 e. The molecule has 2 aromatic rings. The van der Waals surface area contributed by atoms with E-state index in [1.807, 2.05) is 24.3 Å². The molecule has 0 aliphatic carbocycles. The number of Topliss-reactive ketones (excluding diaryl/α,β-unsaturated/α-hetero) is 1. The van der Waals surface area contributed by atoms with Crippen LogP contribution in [0.1, 0.15) is 28.8 Å². The molecule has 110 valence electrons. The normalized spacial score (nSPS) is 10.6. The van der Waals surface area contributed by atoms with E-state index in [4.69, 9.17) is 16.3 Å². The zero-order valence-electron chi connectivity index (χ0n) is 11.5. The van der Waals surface area contributed by atoms with Crippen LogP contribution in [-0.2, 0) is 11.3 Å². The minimum atomic E-state index is -0.337. The molecule has 0 saturated heterocycles. The molecule has 0 aromatic heterocycles. The number of ether oxygens (including phenoxy) is 1. The number of rotatable bonds is 7. The van der Waals surface area contributed by atoms with Crippen LogP contribution >= 0.6 is 11.6 Å². The van der Waals surface area contributed by atoms with Crippen molar-refractivity contribution in [1.82, 2.24) is 0 Å². The molecule has 2 aromatic carbocycles. The number of benzene rings is 2. The second kappa shape index (κ2) is 7.91. The van der Waals surface area contributed by atoms with Crippen LogP contribution in [0.4, 0.5) is 4.39 Å². The standard InChI is InChI=1S/C17H16ClFO2/c18-15-4-1-3-13(11-15)12-21-10-2-5-17(20)14-6-8-16(19)9-7-14/h1,3-4,6-9,11H,2,5,10,12H2. The van der Waals surface area contributed by atoms with Gasteiger partial charge in [0.05, 0.1) is 6.61 Å². The van der Waals surface area contributed by atoms with Crippen LogP contribution in [0.25, 0.3) is 0 Å². The summed E-state index contributed by atoms with van der Waals surface area (Å²) in [5, 5.41) is 0.683. The van der Waals surface area contributed by atoms with E-state index in [9.17, 15) is 9.18 Å². The first kappa shape index (κ1) is 15.7. The second-order valence-corrected chi connectivity index (χ2v) is 5.15. The second-order valence-electron chi connectivity index (χ2n) is 4.72. The molecule has 0 fully saturated rings. The van der Waals surface area contributed by atoms with E-state index in [2.05, 4.69) is 0 Å². The third kappa shape index (κ3) is 5.29. The van der Waals surface area contributed by atoms with Gasteiger partial charge in [0.15, 0.2) is 5.78 Å². The summed E-state index contributed by atoms with van der Waals surface area (Å²) >= 11 is 5.88. The molecule has 0 aliphatic heterocycles. The van der Waals surface area contributed by atoms with Crippen molar-refractivity contribution in [1.29, 1.82) is 0 Å². The van der Waals surface area contributed by atoms with Gasteiger partial charge in [-0.05, 0) is 48.4 Å². The Labute approximate surface area is 128 Å². The lowest BCUT2D eigenvalue weighted by atomic mass is 10.1. The summed E-state index contributed by atoms with van der Waals surface area (Å²) in [6, 6.07) is 13.1. The Morgan fingerprint density at radius 3 is 2.62 bits per heavy atom. The average Bonchev–Trinajstić information content (AvgIpc) is 2.47. The van der Waals surface area contributed by atoms with Crippen molar-refractivity contribution in [2.45, 2.75) is 19.4 Å². The first-order valence-electron chi connectivity index (χ1n) is 6.76. The Bertz CT molecular complexity index is 596. The fraction of sp³-hybridized carbons (Fsp3) is 0.235. The topological polar surface area (TPSA) is 26.3 Å². The smallest absolute Gasteiger partial charge is 0.162 e. The van der Waals surface area contributed by atoms with Crippen LogP contribution in [0.2, 0.25) is 5.02 Å². The quantitative estimate of drug-likeness (QED) is 0.549. The summed E-state index contributed by atoms with van der Waals surface area (Å²) < 4.78 is 18.3. The van der Waals surface area contributed by atoms with Crippen molar-refractivity contribution < 1.29 is 13.9 Å². The molecule has 0 saturated carbocycles. The maximum Gasteiger partial charge on any atom is 0.162 e. The molecular formula is C17H16ClFO2. The number of hydrogen-bond donors (Lipinski definition) is 0. The fourth-order valence-corrected chi connectivity index (χ4v) is 2.14. The zero-order chi connectivity index (χ0) is 15.1. The van der Waals surface area contributed by atoms with Gasteiger partial charge in [0.2, 0.25) is 0 Å². The van der Waals surface area contributed by atoms with Crippen LogP contribution in [-0.4, -0.2) is 12.4 Å². The van der Waals surface area contributed by atoms with Gasteiger partial charge in [-0.25, -0.2) is 4.39 Å². The Hall–Kier alpha value is -1.71. The summed E-state index contributed by atoms with van der Waals surface area (Å²) in [4.78, 5) is 11.8. The Morgan fingerprint density at radius 2 is 1.90 bits per heavy atom. The van der Waals surface area contributed by atoms with E-state index in [0.717, 1.165) is 5.56 Å². The lowest BCUT2D eigenvalue weighted by Gasteiger charge is -2.05. The van der Waals surface area contributed by atoms with E-state index >= 15 is 0 Å². The van der Waals surface area contributed by atoms with E-state index < -0.39 is 0 Å². The van der Waals surface area contributed by atoms with Gasteiger partial charge in [-0.15, -0.1) is 0 Å². The van der Waals surface area contributed by atoms with Crippen LogP contribution in [0.3, 0.4) is 0 Å². The molecule has 0 atom stereocenters. The van der Waals surface area contributed by atoms with Gasteiger partial charge in [-0.2, -0.15) is 0 Å². The molecule has 0 heterocycles. The molecule has 0 radical (unpaired) electrons. The molecule has 2 rings (SSSR count). The minimum absolute atomic E-state index is 0.00126. The molecule has 2 nitrogen and oxygen atoms in total. The van der Waals surface area contributed by atoms with Crippen molar-refractivity contribution >= 4 is 17.4 Å². The number of halogens is 2. The predicted molar refractivity (Wildman–Crippen MR) is 81.1 cm³/mol. The molecule has 21 heavy (non-hydrogen) atoms. The Kier molecular flexibility index (Phi) is 5.90. The first-order valence-corrected chi connectivity index (χ1v) is 7.14. The summed E-state index contributed by atoms with van der Waals surface area (Å²) in [5.74, 6) is -0.335. The monoisotopic (exact) mass is 306 g/mol. The highest BCUT2D eigenvalue weighted by molar-refractivity contribution is 6.30. The van der Waals surface area contributed by atoms with Crippen LogP contribution < -0.4 is 0 Å². The molecule has 0 aliphatic rings. The number of carbonyl (C=O) groups excluding carboxylic acids is 1. The van der Waals surface area contributed by atoms with Gasteiger partial charge in [0.1, 0.15) is 5.82 Å². The molecule has 0 unspecified atom stereocenters. The van der Waals surface area contributed by atoms with Crippen molar-refractivity contribution in [2.75, 3.05) is 6.61 Å². The van der Waals surface area contributed by atoms with Crippen LogP contribution in [0, 0.1) is 5.82 Å². The van der Waals surface area contributed by atoms with Crippen LogP contribution in [0.15, 0.2) is 48.5 Å². The summed E-state index contributed by atoms with van der Waals surface area (Å²) in [5.41, 5.74) is 1.54. The molecule has 0 amide bonds. The van der Waals surface area contributed by atoms with Gasteiger partial charge in [-0.3, -0.25) is 4.79 Å². The van der Waals surface area contributed by atoms with Gasteiger partial charge < -0.3 is 4.74 Å². The highest BCUT2D eigenvalue weighted by Gasteiger charge is 2.05. The number of carbonyl (C=O) groups is 1. The van der Waals surface area contributed by atoms with Gasteiger partial charge >= 0.3 is 0 Å². The maximum absolute atomic E-state index is 12.8. The van der Waals surface area contributed by atoms with Gasteiger partial charge in [0.25, 0.3) is 0 Å². The predicted octanol–water partition coefficient (Wildman–Crippen LogP) is 4.66. The number of ketones is 1. The van der Waals surface area contributed by atoms with E-state index in [1.165, 1.54) is 24.3 Å². The lowest BCUT2D eigenvalue weighted by molar-refractivity contribution is 0.0919. The van der Waals surface area contributed by atoms with E-state index in [-0.39, 0.29) is 11.6 Å². The van der Waals surface area contributed by atoms with E-state index in [0.29, 0.717) is 36.6 Å². The van der Waals surface area contributed by atoms with Crippen molar-refractivity contribution in [3.05, 3.63) is 70.5 Å². The zero-order valence-corrected chi connectivity index (χ0v) is 12.3. The lowest BCUT2D eigenvalue weighted by Crippen LogP contribution is -2.02. The summed E-state index contributed by atoms with van der Waals surface area (Å²) in [6.45, 7) is 0.977. The third-order valence-corrected chi connectivity index (χ3v) is 3.25. The van der Waals surface area contributed by atoms with Crippen molar-refractivity contribution in [2.24, 2.45) is 0 Å². The Balaban J connectivity index is 1.68. The molecule has 0 bridgehead atoms. The van der Waals surface area contributed by atoms with E-state index in [1.54, 1.807) is 0 Å². The minimum Gasteiger partial charge on any atom is -0.377 e. The number of hydrogen-bond acceptors (Lipinski definition) is 2. The van der Waals surface area contributed by atoms with Crippen LogP contribution in [0.5, 0.6) is 0 Å². The highest BCUT2D eigenvalue weighted by atomic mass is 35.5. The summed E-state index contributed by atoms with van der Waals surface area (Å²) in [7, 11) is 0. The molecule has 4 heteroatoms. The maximum atomic E-state index is 12.8.